The van der Waals surface area contributed by atoms with Crippen LogP contribution in [0.25, 0.3) is 22.0 Å². The van der Waals surface area contributed by atoms with E-state index in [2.05, 4.69) is 27.2 Å². The van der Waals surface area contributed by atoms with Crippen LogP contribution >= 0.6 is 0 Å². The van der Waals surface area contributed by atoms with Crippen LogP contribution in [0.1, 0.15) is 20.3 Å². The maximum atomic E-state index is 15.7. The molecule has 1 saturated heterocycles. The maximum Gasteiger partial charge on any atom is 0.246 e. The Labute approximate surface area is 259 Å². The van der Waals surface area contributed by atoms with Gasteiger partial charge in [0.15, 0.2) is 17.3 Å². The number of anilines is 3. The van der Waals surface area contributed by atoms with Crippen LogP contribution in [0.15, 0.2) is 61.4 Å². The SMILES string of the molecule is C=CC(=O)N1CC(Oc2cc3c(Nc4cc(-c5ccc(F)c(NC(=O)C(C)CC)c5F)ccc4OC)ncnc3cc2OC)C1. The Morgan fingerprint density at radius 1 is 1.07 bits per heavy atom. The molecule has 0 aliphatic carbocycles. The van der Waals surface area contributed by atoms with Crippen molar-refractivity contribution >= 4 is 39.9 Å². The van der Waals surface area contributed by atoms with Gasteiger partial charge in [-0.3, -0.25) is 9.59 Å². The number of ether oxygens (including phenoxy) is 3. The molecule has 5 rings (SSSR count). The summed E-state index contributed by atoms with van der Waals surface area (Å²) in [6.07, 6.45) is 2.94. The van der Waals surface area contributed by atoms with Crippen molar-refractivity contribution in [2.75, 3.05) is 37.9 Å². The molecule has 2 N–H and O–H groups in total. The van der Waals surface area contributed by atoms with Gasteiger partial charge in [0.05, 0.1) is 38.5 Å². The number of methoxy groups -OCH3 is 2. The van der Waals surface area contributed by atoms with Gasteiger partial charge in [-0.05, 0) is 48.4 Å². The number of nitrogens with zero attached hydrogens (tertiary/aromatic N) is 3. The quantitative estimate of drug-likeness (QED) is 0.194. The standard InChI is InChI=1S/C33H33F2N5O5/c1-6-18(3)33(42)39-31-23(34)10-9-21(30(31)35)19-8-11-26(43-4)25(12-19)38-32-22-13-28(27(44-5)14-24(22)36-17-37-32)45-20-15-40(16-20)29(41)7-2/h7-14,17-18,20H,2,6,15-16H2,1,3-5H3,(H,39,42)(H,36,37,38). The molecular formula is C33H33F2N5O5. The number of likely N-dealkylation sites (tertiary alicyclic amines) is 1. The van der Waals surface area contributed by atoms with Gasteiger partial charge in [0.2, 0.25) is 11.8 Å². The molecule has 1 unspecified atom stereocenters. The fourth-order valence-electron chi connectivity index (χ4n) is 4.84. The molecule has 0 spiro atoms. The summed E-state index contributed by atoms with van der Waals surface area (Å²) in [4.78, 5) is 34.7. The van der Waals surface area contributed by atoms with E-state index in [1.54, 1.807) is 42.2 Å². The van der Waals surface area contributed by atoms with E-state index in [9.17, 15) is 14.0 Å². The average molecular weight is 618 g/mol. The van der Waals surface area contributed by atoms with E-state index in [0.29, 0.717) is 64.7 Å². The van der Waals surface area contributed by atoms with Crippen LogP contribution in [0.4, 0.5) is 26.0 Å². The highest BCUT2D eigenvalue weighted by Crippen LogP contribution is 2.39. The lowest BCUT2D eigenvalue weighted by Gasteiger charge is -2.38. The van der Waals surface area contributed by atoms with E-state index in [1.807, 2.05) is 6.92 Å². The molecule has 2 heterocycles. The van der Waals surface area contributed by atoms with Crippen molar-refractivity contribution in [3.05, 3.63) is 73.1 Å². The van der Waals surface area contributed by atoms with Crippen molar-refractivity contribution in [2.24, 2.45) is 5.92 Å². The van der Waals surface area contributed by atoms with Crippen molar-refractivity contribution in [3.63, 3.8) is 0 Å². The summed E-state index contributed by atoms with van der Waals surface area (Å²) in [5.41, 5.74) is 0.992. The molecule has 45 heavy (non-hydrogen) atoms. The Morgan fingerprint density at radius 2 is 1.82 bits per heavy atom. The summed E-state index contributed by atoms with van der Waals surface area (Å²) in [6, 6.07) is 10.8. The molecule has 0 radical (unpaired) electrons. The highest BCUT2D eigenvalue weighted by molar-refractivity contribution is 5.95. The first kappa shape index (κ1) is 31.2. The Hall–Kier alpha value is -5.26. The molecule has 4 aromatic rings. The van der Waals surface area contributed by atoms with Gasteiger partial charge in [-0.1, -0.05) is 26.5 Å². The van der Waals surface area contributed by atoms with Crippen LogP contribution in [0, 0.1) is 17.6 Å². The monoisotopic (exact) mass is 617 g/mol. The predicted molar refractivity (Wildman–Crippen MR) is 167 cm³/mol. The predicted octanol–water partition coefficient (Wildman–Crippen LogP) is 6.10. The molecule has 0 saturated carbocycles. The fraction of sp³-hybridized carbons (Fsp3) is 0.273. The zero-order valence-electron chi connectivity index (χ0n) is 25.3. The number of carbonyl (C=O) groups excluding carboxylic acids is 2. The normalized spacial score (nSPS) is 13.5. The van der Waals surface area contributed by atoms with Crippen molar-refractivity contribution in [1.82, 2.24) is 14.9 Å². The van der Waals surface area contributed by atoms with Crippen molar-refractivity contribution < 1.29 is 32.6 Å². The van der Waals surface area contributed by atoms with E-state index < -0.39 is 29.1 Å². The molecule has 1 aliphatic rings. The van der Waals surface area contributed by atoms with Crippen LogP contribution < -0.4 is 24.8 Å². The number of carbonyl (C=O) groups is 2. The van der Waals surface area contributed by atoms with Gasteiger partial charge in [0.1, 0.15) is 35.5 Å². The molecule has 12 heteroatoms. The molecule has 1 atom stereocenters. The number of aromatic nitrogens is 2. The molecule has 1 aliphatic heterocycles. The van der Waals surface area contributed by atoms with E-state index in [-0.39, 0.29) is 17.6 Å². The number of nitrogens with one attached hydrogen (secondary N) is 2. The van der Waals surface area contributed by atoms with E-state index >= 15 is 4.39 Å². The lowest BCUT2D eigenvalue weighted by Crippen LogP contribution is -2.55. The van der Waals surface area contributed by atoms with E-state index in [1.165, 1.54) is 32.7 Å². The maximum absolute atomic E-state index is 15.7. The van der Waals surface area contributed by atoms with Crippen molar-refractivity contribution in [3.8, 4) is 28.4 Å². The third-order valence-corrected chi connectivity index (χ3v) is 7.71. The zero-order chi connectivity index (χ0) is 32.2. The number of amides is 2. The van der Waals surface area contributed by atoms with Crippen LogP contribution in [-0.2, 0) is 9.59 Å². The first-order valence-corrected chi connectivity index (χ1v) is 14.3. The summed E-state index contributed by atoms with van der Waals surface area (Å²) in [5, 5.41) is 6.24. The number of hydrogen-bond acceptors (Lipinski definition) is 8. The minimum Gasteiger partial charge on any atom is -0.495 e. The lowest BCUT2D eigenvalue weighted by molar-refractivity contribution is -0.134. The highest BCUT2D eigenvalue weighted by Gasteiger charge is 2.32. The number of benzene rings is 3. The second-order valence-corrected chi connectivity index (χ2v) is 10.6. The van der Waals surface area contributed by atoms with Gasteiger partial charge in [0, 0.05) is 22.9 Å². The third-order valence-electron chi connectivity index (χ3n) is 7.71. The molecule has 0 bridgehead atoms. The van der Waals surface area contributed by atoms with Crippen molar-refractivity contribution in [2.45, 2.75) is 26.4 Å². The zero-order valence-corrected chi connectivity index (χ0v) is 25.3. The summed E-state index contributed by atoms with van der Waals surface area (Å²) in [6.45, 7) is 7.84. The second-order valence-electron chi connectivity index (χ2n) is 10.6. The van der Waals surface area contributed by atoms with Gasteiger partial charge >= 0.3 is 0 Å². The Balaban J connectivity index is 1.48. The van der Waals surface area contributed by atoms with Crippen LogP contribution in [0.5, 0.6) is 17.2 Å². The lowest BCUT2D eigenvalue weighted by atomic mass is 10.0. The Bertz CT molecular complexity index is 1780. The highest BCUT2D eigenvalue weighted by atomic mass is 19.1. The minimum atomic E-state index is -0.895. The number of fused-ring (bicyclic) bond motifs is 1. The molecule has 1 fully saturated rings. The summed E-state index contributed by atoms with van der Waals surface area (Å²) < 4.78 is 47.5. The molecule has 1 aromatic heterocycles. The average Bonchev–Trinajstić information content (AvgIpc) is 3.03. The van der Waals surface area contributed by atoms with Gasteiger partial charge < -0.3 is 29.7 Å². The summed E-state index contributed by atoms with van der Waals surface area (Å²) >= 11 is 0. The van der Waals surface area contributed by atoms with Crippen LogP contribution in [0.2, 0.25) is 0 Å². The van der Waals surface area contributed by atoms with E-state index in [4.69, 9.17) is 14.2 Å². The van der Waals surface area contributed by atoms with Crippen LogP contribution in [0.3, 0.4) is 0 Å². The first-order valence-electron chi connectivity index (χ1n) is 14.3. The van der Waals surface area contributed by atoms with Gasteiger partial charge in [-0.2, -0.15) is 0 Å². The van der Waals surface area contributed by atoms with Gasteiger partial charge in [-0.15, -0.1) is 0 Å². The Morgan fingerprint density at radius 3 is 2.51 bits per heavy atom. The topological polar surface area (TPSA) is 115 Å². The smallest absolute Gasteiger partial charge is 0.246 e. The van der Waals surface area contributed by atoms with Gasteiger partial charge in [-0.25, -0.2) is 18.7 Å². The fourth-order valence-corrected chi connectivity index (χ4v) is 4.84. The van der Waals surface area contributed by atoms with Gasteiger partial charge in [0.25, 0.3) is 0 Å². The number of hydrogen-bond donors (Lipinski definition) is 2. The third kappa shape index (κ3) is 6.35. The molecule has 234 valence electrons. The molecular weight excluding hydrogens is 584 g/mol. The molecule has 3 aromatic carbocycles. The van der Waals surface area contributed by atoms with Crippen LogP contribution in [-0.4, -0.2) is 60.1 Å². The summed E-state index contributed by atoms with van der Waals surface area (Å²) in [5.74, 6) is -1.07. The molecule has 10 nitrogen and oxygen atoms in total. The largest absolute Gasteiger partial charge is 0.495 e. The van der Waals surface area contributed by atoms with E-state index in [0.717, 1.165) is 6.07 Å². The minimum absolute atomic E-state index is 0.0824. The number of halogens is 2. The molecule has 2 amide bonds. The Kier molecular flexibility index (Phi) is 9.12. The second kappa shape index (κ2) is 13.2. The first-order chi connectivity index (χ1) is 21.7. The van der Waals surface area contributed by atoms with Crippen molar-refractivity contribution in [1.29, 1.82) is 0 Å². The summed E-state index contributed by atoms with van der Waals surface area (Å²) in [7, 11) is 3.02. The number of rotatable bonds is 11.